The summed E-state index contributed by atoms with van der Waals surface area (Å²) in [6.45, 7) is 7.81. The first-order valence-electron chi connectivity index (χ1n) is 13.2. The van der Waals surface area contributed by atoms with Crippen molar-refractivity contribution in [3.63, 3.8) is 0 Å². The molecule has 39 heavy (non-hydrogen) atoms. The molecule has 4 aromatic rings. The Morgan fingerprint density at radius 1 is 1.10 bits per heavy atom. The lowest BCUT2D eigenvalue weighted by atomic mass is 10.0. The van der Waals surface area contributed by atoms with Crippen molar-refractivity contribution in [2.24, 2.45) is 0 Å². The van der Waals surface area contributed by atoms with Crippen LogP contribution in [0.5, 0.6) is 5.75 Å². The Morgan fingerprint density at radius 2 is 1.92 bits per heavy atom. The number of piperazine rings is 1. The number of H-pyrrole nitrogens is 1. The predicted molar refractivity (Wildman–Crippen MR) is 151 cm³/mol. The number of aromatic nitrogens is 5. The molecule has 6 rings (SSSR count). The van der Waals surface area contributed by atoms with Gasteiger partial charge in [0.1, 0.15) is 11.6 Å². The number of methoxy groups -OCH3 is 1. The highest BCUT2D eigenvalue weighted by Crippen LogP contribution is 2.33. The van der Waals surface area contributed by atoms with Gasteiger partial charge in [-0.25, -0.2) is 4.98 Å². The normalized spacial score (nSPS) is 15.0. The van der Waals surface area contributed by atoms with E-state index >= 15 is 0 Å². The third-order valence-electron chi connectivity index (χ3n) is 7.60. The summed E-state index contributed by atoms with van der Waals surface area (Å²) in [5.41, 5.74) is 6.84. The van der Waals surface area contributed by atoms with E-state index in [9.17, 15) is 4.79 Å². The summed E-state index contributed by atoms with van der Waals surface area (Å²) in [4.78, 5) is 27.3. The number of rotatable bonds is 6. The molecule has 1 aromatic carbocycles. The number of carbonyl (C=O) groups excluding carboxylic acids is 1. The van der Waals surface area contributed by atoms with E-state index in [1.54, 1.807) is 7.11 Å². The zero-order valence-electron chi connectivity index (χ0n) is 22.7. The fourth-order valence-electron chi connectivity index (χ4n) is 5.30. The minimum absolute atomic E-state index is 0.155. The summed E-state index contributed by atoms with van der Waals surface area (Å²) in [6.07, 6.45) is 5.24. The molecule has 202 valence electrons. The fraction of sp³-hybridized carbons (Fsp3) is 0.357. The summed E-state index contributed by atoms with van der Waals surface area (Å²) in [5.74, 6) is 1.82. The third kappa shape index (κ3) is 4.69. The van der Waals surface area contributed by atoms with Crippen LogP contribution in [0.4, 0.5) is 23.0 Å². The number of likely N-dealkylation sites (N-methyl/N-ethyl adjacent to an activating group) is 1. The molecule has 0 aliphatic carbocycles. The quantitative estimate of drug-likeness (QED) is 0.349. The van der Waals surface area contributed by atoms with Crippen LogP contribution in [0.25, 0.3) is 5.82 Å². The number of ether oxygens (including phenoxy) is 1. The molecule has 0 spiro atoms. The standard InChI is InChI=1S/C28H33N9O2/c1-17-25(18(2)34-33-17)31-27(38)21-9-10-37-23(21)8-5-19-16-29-28(32-26(19)37)30-22-7-6-20(15-24(22)39-4)36-13-11-35(3)12-14-36/h6-7,9-10,15-16H,5,8,11-14H2,1-4H3,(H,31,38)(H,33,34)(H,29,30,32). The first-order chi connectivity index (χ1) is 18.9. The van der Waals surface area contributed by atoms with E-state index in [1.165, 1.54) is 0 Å². The molecule has 0 radical (unpaired) electrons. The second-order valence-electron chi connectivity index (χ2n) is 10.2. The number of nitrogens with zero attached hydrogens (tertiary/aromatic N) is 6. The van der Waals surface area contributed by atoms with Crippen LogP contribution in [0.15, 0.2) is 36.7 Å². The molecule has 1 saturated heterocycles. The van der Waals surface area contributed by atoms with Crippen molar-refractivity contribution >= 4 is 28.9 Å². The molecular weight excluding hydrogens is 494 g/mol. The minimum Gasteiger partial charge on any atom is -0.494 e. The first-order valence-corrected chi connectivity index (χ1v) is 13.2. The smallest absolute Gasteiger partial charge is 0.257 e. The molecule has 2 aliphatic heterocycles. The van der Waals surface area contributed by atoms with Crippen molar-refractivity contribution < 1.29 is 9.53 Å². The molecule has 0 saturated carbocycles. The second-order valence-corrected chi connectivity index (χ2v) is 10.2. The van der Waals surface area contributed by atoms with Gasteiger partial charge in [-0.05, 0) is 51.9 Å². The van der Waals surface area contributed by atoms with Gasteiger partial charge in [-0.15, -0.1) is 0 Å². The highest BCUT2D eigenvalue weighted by atomic mass is 16.5. The highest BCUT2D eigenvalue weighted by Gasteiger charge is 2.25. The van der Waals surface area contributed by atoms with Crippen LogP contribution in [0.3, 0.4) is 0 Å². The number of aromatic amines is 1. The van der Waals surface area contributed by atoms with Gasteiger partial charge < -0.3 is 29.7 Å². The van der Waals surface area contributed by atoms with Crippen LogP contribution >= 0.6 is 0 Å². The Bertz CT molecular complexity index is 1510. The number of amides is 1. The Morgan fingerprint density at radius 3 is 2.67 bits per heavy atom. The van der Waals surface area contributed by atoms with Gasteiger partial charge in [0.2, 0.25) is 5.95 Å². The van der Waals surface area contributed by atoms with E-state index in [4.69, 9.17) is 9.72 Å². The lowest BCUT2D eigenvalue weighted by Gasteiger charge is -2.34. The van der Waals surface area contributed by atoms with Gasteiger partial charge in [0.15, 0.2) is 0 Å². The van der Waals surface area contributed by atoms with Gasteiger partial charge >= 0.3 is 0 Å². The lowest BCUT2D eigenvalue weighted by Crippen LogP contribution is -2.44. The van der Waals surface area contributed by atoms with E-state index in [1.807, 2.05) is 42.9 Å². The van der Waals surface area contributed by atoms with Crippen LogP contribution < -0.4 is 20.3 Å². The second kappa shape index (κ2) is 10.1. The minimum atomic E-state index is -0.155. The molecular formula is C28H33N9O2. The van der Waals surface area contributed by atoms with Gasteiger partial charge in [-0.3, -0.25) is 9.89 Å². The Hall–Kier alpha value is -4.38. The molecule has 1 fully saturated rings. The number of fused-ring (bicyclic) bond motifs is 3. The average molecular weight is 528 g/mol. The van der Waals surface area contributed by atoms with Crippen LogP contribution in [0.1, 0.15) is 33.0 Å². The molecule has 3 N–H and O–H groups in total. The number of nitrogens with one attached hydrogen (secondary N) is 3. The van der Waals surface area contributed by atoms with E-state index in [-0.39, 0.29) is 5.91 Å². The number of aryl methyl sites for hydroxylation is 3. The summed E-state index contributed by atoms with van der Waals surface area (Å²) in [6, 6.07) is 8.02. The van der Waals surface area contributed by atoms with Crippen molar-refractivity contribution in [3.8, 4) is 11.6 Å². The molecule has 2 aliphatic rings. The van der Waals surface area contributed by atoms with Gasteiger partial charge in [0.05, 0.1) is 35.4 Å². The topological polar surface area (TPSA) is 116 Å². The SMILES string of the molecule is COc1cc(N2CCN(C)CC2)ccc1Nc1ncc2c(n1)-n1ccc(C(=O)Nc3c(C)n[nH]c3C)c1CC2. The van der Waals surface area contributed by atoms with E-state index < -0.39 is 0 Å². The van der Waals surface area contributed by atoms with Crippen LogP contribution in [0, 0.1) is 13.8 Å². The Labute approximate surface area is 227 Å². The molecule has 5 heterocycles. The highest BCUT2D eigenvalue weighted by molar-refractivity contribution is 6.06. The van der Waals surface area contributed by atoms with Crippen molar-refractivity contribution in [2.45, 2.75) is 26.7 Å². The van der Waals surface area contributed by atoms with Crippen LogP contribution in [-0.4, -0.2) is 75.9 Å². The van der Waals surface area contributed by atoms with Crippen molar-refractivity contribution in [2.75, 3.05) is 55.9 Å². The first kappa shape index (κ1) is 24.9. The molecule has 0 unspecified atom stereocenters. The summed E-state index contributed by atoms with van der Waals surface area (Å²) in [7, 11) is 3.83. The number of hydrogen-bond donors (Lipinski definition) is 3. The number of anilines is 4. The third-order valence-corrected chi connectivity index (χ3v) is 7.60. The van der Waals surface area contributed by atoms with Crippen LogP contribution in [-0.2, 0) is 12.8 Å². The maximum absolute atomic E-state index is 13.2. The predicted octanol–water partition coefficient (Wildman–Crippen LogP) is 3.46. The van der Waals surface area contributed by atoms with Crippen molar-refractivity contribution in [1.29, 1.82) is 0 Å². The largest absolute Gasteiger partial charge is 0.494 e. The molecule has 1 amide bonds. The summed E-state index contributed by atoms with van der Waals surface area (Å²) >= 11 is 0. The van der Waals surface area contributed by atoms with Gasteiger partial charge in [-0.2, -0.15) is 10.1 Å². The zero-order valence-corrected chi connectivity index (χ0v) is 22.7. The number of hydrogen-bond acceptors (Lipinski definition) is 8. The average Bonchev–Trinajstić information content (AvgIpc) is 3.53. The van der Waals surface area contributed by atoms with Gasteiger partial charge in [0.25, 0.3) is 5.91 Å². The summed E-state index contributed by atoms with van der Waals surface area (Å²) < 4.78 is 7.71. The number of carbonyl (C=O) groups is 1. The van der Waals surface area contributed by atoms with Crippen LogP contribution in [0.2, 0.25) is 0 Å². The Kier molecular flexibility index (Phi) is 6.43. The summed E-state index contributed by atoms with van der Waals surface area (Å²) in [5, 5.41) is 13.4. The van der Waals surface area contributed by atoms with E-state index in [0.29, 0.717) is 11.5 Å². The van der Waals surface area contributed by atoms with Crippen molar-refractivity contribution in [1.82, 2.24) is 29.6 Å². The molecule has 3 aromatic heterocycles. The monoisotopic (exact) mass is 527 g/mol. The number of benzene rings is 1. The molecule has 0 atom stereocenters. The molecule has 11 nitrogen and oxygen atoms in total. The van der Waals surface area contributed by atoms with E-state index in [0.717, 1.165) is 90.3 Å². The Balaban J connectivity index is 1.24. The molecule has 0 bridgehead atoms. The van der Waals surface area contributed by atoms with Gasteiger partial charge in [0, 0.05) is 61.6 Å². The van der Waals surface area contributed by atoms with Gasteiger partial charge in [-0.1, -0.05) is 0 Å². The molecule has 11 heteroatoms. The van der Waals surface area contributed by atoms with E-state index in [2.05, 4.69) is 54.8 Å². The van der Waals surface area contributed by atoms with Crippen molar-refractivity contribution in [3.05, 3.63) is 64.9 Å². The lowest BCUT2D eigenvalue weighted by molar-refractivity contribution is 0.102. The zero-order chi connectivity index (χ0) is 27.1. The maximum atomic E-state index is 13.2. The fourth-order valence-corrected chi connectivity index (χ4v) is 5.30. The maximum Gasteiger partial charge on any atom is 0.257 e.